The molecular weight excluding hydrogens is 623 g/mol. The zero-order chi connectivity index (χ0) is 35.5. The Balaban J connectivity index is 1.34. The summed E-state index contributed by atoms with van der Waals surface area (Å²) in [6.07, 6.45) is 0. The van der Waals surface area contributed by atoms with E-state index in [9.17, 15) is 0 Å². The van der Waals surface area contributed by atoms with Crippen LogP contribution in [0.15, 0.2) is 152 Å². The summed E-state index contributed by atoms with van der Waals surface area (Å²) in [4.78, 5) is 5.12. The predicted molar refractivity (Wildman–Crippen MR) is 225 cm³/mol. The van der Waals surface area contributed by atoms with Crippen LogP contribution < -0.4 is 27.3 Å². The number of aromatic nitrogens is 2. The number of imidazole rings is 1. The quantitative estimate of drug-likeness (QED) is 0.166. The van der Waals surface area contributed by atoms with Gasteiger partial charge in [0.15, 0.2) is 0 Å². The number of nitrogens with zero attached hydrogens (tertiary/aromatic N) is 2. The number of fused-ring (bicyclic) bond motifs is 3. The average molecular weight is 648 g/mol. The molecule has 1 aromatic heterocycles. The third-order valence-corrected chi connectivity index (χ3v) is 10.1. The number of hydrogen-bond acceptors (Lipinski definition) is 1. The van der Waals surface area contributed by atoms with Crippen molar-refractivity contribution >= 4 is 99.1 Å². The van der Waals surface area contributed by atoms with Crippen molar-refractivity contribution in [1.82, 2.24) is 9.55 Å². The maximum absolute atomic E-state index is 6.65. The van der Waals surface area contributed by atoms with Gasteiger partial charge in [0.05, 0.1) is 11.0 Å². The molecule has 52 heavy (non-hydrogen) atoms. The third-order valence-electron chi connectivity index (χ3n) is 10.1. The minimum Gasteiger partial charge on any atom is -0.294 e. The molecule has 0 atom stereocenters. The molecule has 0 aliphatic rings. The minimum atomic E-state index is 0.167. The lowest BCUT2D eigenvalue weighted by molar-refractivity contribution is 1.12. The van der Waals surface area contributed by atoms with Crippen LogP contribution in [0.3, 0.4) is 0 Å². The molecule has 0 bridgehead atoms. The van der Waals surface area contributed by atoms with Crippen molar-refractivity contribution in [3.8, 4) is 50.5 Å². The van der Waals surface area contributed by atoms with Crippen LogP contribution in [0.25, 0.3) is 83.0 Å². The lowest BCUT2D eigenvalue weighted by atomic mass is 9.61. The summed E-state index contributed by atoms with van der Waals surface area (Å²) < 4.78 is 1.94. The monoisotopic (exact) mass is 648 g/mol. The Morgan fingerprint density at radius 3 is 1.58 bits per heavy atom. The molecule has 7 heteroatoms. The zero-order valence-electron chi connectivity index (χ0n) is 28.2. The summed E-state index contributed by atoms with van der Waals surface area (Å²) in [5.41, 5.74) is 10.8. The lowest BCUT2D eigenvalue weighted by Gasteiger charge is -2.23. The number of para-hydroxylation sites is 2. The highest BCUT2D eigenvalue weighted by Gasteiger charge is 2.22. The van der Waals surface area contributed by atoms with Gasteiger partial charge in [0.1, 0.15) is 45.1 Å². The summed E-state index contributed by atoms with van der Waals surface area (Å²) in [6, 6.07) is 52.9. The summed E-state index contributed by atoms with van der Waals surface area (Å²) >= 11 is 0. The van der Waals surface area contributed by atoms with Crippen LogP contribution in [-0.4, -0.2) is 48.8 Å². The van der Waals surface area contributed by atoms with E-state index < -0.39 is 0 Å². The fraction of sp³-hybridized carbons (Fsp3) is 0. The Morgan fingerprint density at radius 2 is 0.885 bits per heavy atom. The van der Waals surface area contributed by atoms with E-state index in [4.69, 9.17) is 44.2 Å². The second kappa shape index (κ2) is 12.7. The first-order valence-electron chi connectivity index (χ1n) is 17.1. The minimum absolute atomic E-state index is 0.167. The number of hydrogen-bond donors (Lipinski definition) is 0. The second-order valence-corrected chi connectivity index (χ2v) is 13.0. The van der Waals surface area contributed by atoms with E-state index in [-0.39, 0.29) is 27.3 Å². The molecule has 0 spiro atoms. The molecule has 0 N–H and O–H groups in total. The molecule has 0 amide bonds. The van der Waals surface area contributed by atoms with Gasteiger partial charge in [0, 0.05) is 11.3 Å². The molecule has 9 rings (SSSR count). The molecule has 10 radical (unpaired) electrons. The van der Waals surface area contributed by atoms with Crippen molar-refractivity contribution < 1.29 is 0 Å². The van der Waals surface area contributed by atoms with Gasteiger partial charge < -0.3 is 0 Å². The van der Waals surface area contributed by atoms with E-state index in [2.05, 4.69) is 115 Å². The lowest BCUT2D eigenvalue weighted by Crippen LogP contribution is -2.56. The first-order valence-corrected chi connectivity index (χ1v) is 17.1. The Morgan fingerprint density at radius 1 is 0.365 bits per heavy atom. The smallest absolute Gasteiger partial charge is 0.145 e. The van der Waals surface area contributed by atoms with Crippen molar-refractivity contribution in [3.63, 3.8) is 0 Å². The van der Waals surface area contributed by atoms with E-state index in [1.54, 1.807) is 0 Å². The fourth-order valence-electron chi connectivity index (χ4n) is 7.55. The van der Waals surface area contributed by atoms with Crippen LogP contribution >= 0.6 is 0 Å². The molecule has 0 unspecified atom stereocenters. The average Bonchev–Trinajstić information content (AvgIpc) is 3.58. The van der Waals surface area contributed by atoms with Gasteiger partial charge in [-0.25, -0.2) is 4.98 Å². The Kier molecular flexibility index (Phi) is 7.81. The Bertz CT molecular complexity index is 2820. The van der Waals surface area contributed by atoms with E-state index in [0.717, 1.165) is 44.1 Å². The fourth-order valence-corrected chi connectivity index (χ4v) is 7.55. The van der Waals surface area contributed by atoms with Crippen molar-refractivity contribution in [2.24, 2.45) is 0 Å². The van der Waals surface area contributed by atoms with E-state index in [1.165, 1.54) is 27.5 Å². The molecule has 0 aliphatic heterocycles. The summed E-state index contributed by atoms with van der Waals surface area (Å²) in [5.74, 6) is 0.644. The summed E-state index contributed by atoms with van der Waals surface area (Å²) in [5, 5.41) is 4.65. The van der Waals surface area contributed by atoms with Crippen molar-refractivity contribution in [2.45, 2.75) is 0 Å². The van der Waals surface area contributed by atoms with Crippen LogP contribution in [0.4, 0.5) is 0 Å². The van der Waals surface area contributed by atoms with Crippen molar-refractivity contribution in [3.05, 3.63) is 152 Å². The molecule has 9 aromatic rings. The van der Waals surface area contributed by atoms with Gasteiger partial charge >= 0.3 is 0 Å². The van der Waals surface area contributed by atoms with Crippen LogP contribution in [0.2, 0.25) is 0 Å². The molecule has 230 valence electrons. The summed E-state index contributed by atoms with van der Waals surface area (Å²) in [6.45, 7) is 0. The maximum atomic E-state index is 6.65. The Hall–Kier alpha value is -5.93. The van der Waals surface area contributed by atoms with Gasteiger partial charge in [-0.3, -0.25) is 4.57 Å². The van der Waals surface area contributed by atoms with E-state index in [0.29, 0.717) is 11.5 Å². The highest BCUT2D eigenvalue weighted by molar-refractivity contribution is 6.68. The molecular formula is C45H25B5N2. The van der Waals surface area contributed by atoms with E-state index in [1.807, 2.05) is 41.0 Å². The highest BCUT2D eigenvalue weighted by atomic mass is 15.1. The molecule has 2 nitrogen and oxygen atoms in total. The van der Waals surface area contributed by atoms with Gasteiger partial charge in [0.25, 0.3) is 0 Å². The predicted octanol–water partition coefficient (Wildman–Crippen LogP) is 5.97. The topological polar surface area (TPSA) is 17.8 Å². The SMILES string of the molecule is [B]c1c([B])c([B])c(-n2c(-c3cccc(-c4c5ccccc5c(-c5ccccc5)c5cc(-c6ccccc6)ccc45)c3)nc3ccccc32)c([B])c1[B]. The molecule has 0 aliphatic carbocycles. The van der Waals surface area contributed by atoms with Crippen molar-refractivity contribution in [1.29, 1.82) is 0 Å². The van der Waals surface area contributed by atoms with Crippen molar-refractivity contribution in [2.75, 3.05) is 0 Å². The largest absolute Gasteiger partial charge is 0.294 e. The van der Waals surface area contributed by atoms with Gasteiger partial charge in [-0.1, -0.05) is 138 Å². The zero-order valence-corrected chi connectivity index (χ0v) is 28.2. The highest BCUT2D eigenvalue weighted by Crippen LogP contribution is 2.45. The standard InChI is InChI=1S/C45H25B5N2/c46-39-40(47)42(49)44(43(50)41(39)48)52-36-21-10-9-20-35(36)51-45(52)30-17-11-16-29(24-30)38-32-19-8-7-18-31(32)37(27-14-5-2-6-15-27)34-25-28(22-23-33(34)38)26-12-3-1-4-13-26/h1-25H. The van der Waals surface area contributed by atoms with Crippen LogP contribution in [-0.2, 0) is 0 Å². The molecule has 8 aromatic carbocycles. The van der Waals surface area contributed by atoms with Gasteiger partial charge in [-0.05, 0) is 79.2 Å². The van der Waals surface area contributed by atoms with Crippen LogP contribution in [0.1, 0.15) is 0 Å². The van der Waals surface area contributed by atoms with E-state index >= 15 is 0 Å². The summed E-state index contributed by atoms with van der Waals surface area (Å²) in [7, 11) is 32.3. The normalized spacial score (nSPS) is 11.5. The maximum Gasteiger partial charge on any atom is 0.145 e. The number of benzene rings is 8. The molecule has 0 saturated heterocycles. The van der Waals surface area contributed by atoms with Crippen LogP contribution in [0.5, 0.6) is 0 Å². The third kappa shape index (κ3) is 5.06. The first kappa shape index (κ1) is 32.0. The first-order chi connectivity index (χ1) is 25.4. The van der Waals surface area contributed by atoms with Gasteiger partial charge in [-0.15, -0.1) is 16.4 Å². The Labute approximate surface area is 309 Å². The number of rotatable bonds is 5. The van der Waals surface area contributed by atoms with Gasteiger partial charge in [-0.2, -0.15) is 0 Å². The second-order valence-electron chi connectivity index (χ2n) is 13.0. The van der Waals surface area contributed by atoms with Crippen LogP contribution in [0, 0.1) is 0 Å². The molecule has 0 fully saturated rings. The molecule has 1 heterocycles. The van der Waals surface area contributed by atoms with Gasteiger partial charge in [0.2, 0.25) is 0 Å². The molecule has 0 saturated carbocycles.